The summed E-state index contributed by atoms with van der Waals surface area (Å²) in [7, 11) is -5.02. The third-order valence-corrected chi connectivity index (χ3v) is 6.43. The highest BCUT2D eigenvalue weighted by atomic mass is 32.3. The van der Waals surface area contributed by atoms with E-state index < -0.39 is 40.4 Å². The maximum Gasteiger partial charge on any atom is 0.418 e. The number of hydrogen-bond donors (Lipinski definition) is 3. The van der Waals surface area contributed by atoms with Crippen molar-refractivity contribution in [3.8, 4) is 0 Å². The molecule has 0 aliphatic carbocycles. The first-order chi connectivity index (χ1) is 14.7. The van der Waals surface area contributed by atoms with Crippen LogP contribution in [0.3, 0.4) is 0 Å². The highest BCUT2D eigenvalue weighted by Crippen LogP contribution is 2.47. The fourth-order valence-electron chi connectivity index (χ4n) is 3.57. The van der Waals surface area contributed by atoms with Crippen LogP contribution in [-0.2, 0) is 25.9 Å². The Kier molecular flexibility index (Phi) is 5.38. The minimum absolute atomic E-state index is 0.168. The van der Waals surface area contributed by atoms with Gasteiger partial charge in [0.05, 0.1) is 11.4 Å². The molecule has 2 atom stereocenters. The van der Waals surface area contributed by atoms with Gasteiger partial charge in [-0.05, 0) is 35.7 Å². The van der Waals surface area contributed by atoms with E-state index in [1.54, 1.807) is 12.4 Å². The first-order valence-electron chi connectivity index (χ1n) is 8.96. The molecule has 2 aromatic rings. The average molecular weight is 468 g/mol. The zero-order valence-corrected chi connectivity index (χ0v) is 17.3. The number of thiophene rings is 1. The number of carboxylic acids is 1. The van der Waals surface area contributed by atoms with Crippen LogP contribution in [0.15, 0.2) is 30.6 Å². The van der Waals surface area contributed by atoms with Crippen LogP contribution in [0.5, 0.6) is 0 Å². The van der Waals surface area contributed by atoms with Crippen LogP contribution in [-0.4, -0.2) is 64.0 Å². The standard InChI is InChI=1S/C17H16N4O8S2/c22-15(19-6-3-9-1-4-18-5-2-9)12-7-10-11-8-20(13(16(23)24)14(10)30-12)17(25)21(11)29-31(26,27)28/h1-2,4-5,7,11,13H,3,6,8H2,(H,19,22)(H,23,24)(H,26,27,28)/t11-,13+/m1/s1. The Morgan fingerprint density at radius 1 is 1.32 bits per heavy atom. The molecule has 1 fully saturated rings. The summed E-state index contributed by atoms with van der Waals surface area (Å²) in [6.45, 7) is 0.165. The normalized spacial score (nSPS) is 20.0. The van der Waals surface area contributed by atoms with E-state index in [1.165, 1.54) is 6.07 Å². The molecular formula is C17H16N4O8S2. The van der Waals surface area contributed by atoms with Crippen molar-refractivity contribution in [3.63, 3.8) is 0 Å². The van der Waals surface area contributed by atoms with Crippen LogP contribution in [0, 0.1) is 0 Å². The first kappa shape index (κ1) is 21.2. The Morgan fingerprint density at radius 2 is 2.03 bits per heavy atom. The number of fused-ring (bicyclic) bond motifs is 4. The van der Waals surface area contributed by atoms with Crippen LogP contribution in [0.4, 0.5) is 4.79 Å². The van der Waals surface area contributed by atoms with Gasteiger partial charge in [-0.15, -0.1) is 15.6 Å². The van der Waals surface area contributed by atoms with E-state index in [4.69, 9.17) is 4.55 Å². The van der Waals surface area contributed by atoms with Crippen molar-refractivity contribution in [3.05, 3.63) is 51.5 Å². The van der Waals surface area contributed by atoms with Gasteiger partial charge in [0, 0.05) is 23.8 Å². The van der Waals surface area contributed by atoms with E-state index in [0.29, 0.717) is 18.0 Å². The Labute approximate surface area is 180 Å². The number of amides is 3. The number of carboxylic acid groups (broad SMARTS) is 1. The molecule has 0 spiro atoms. The largest absolute Gasteiger partial charge is 0.479 e. The molecule has 12 nitrogen and oxygen atoms in total. The van der Waals surface area contributed by atoms with Crippen molar-refractivity contribution in [2.24, 2.45) is 0 Å². The number of aliphatic carboxylic acids is 1. The molecule has 2 aliphatic rings. The van der Waals surface area contributed by atoms with Crippen molar-refractivity contribution in [1.82, 2.24) is 20.3 Å². The number of hydroxylamine groups is 2. The molecule has 14 heteroatoms. The number of carbonyl (C=O) groups is 3. The summed E-state index contributed by atoms with van der Waals surface area (Å²) in [5.41, 5.74) is 1.26. The van der Waals surface area contributed by atoms with E-state index >= 15 is 0 Å². The SMILES string of the molecule is O=C(NCCc1ccncc1)c1cc2c(s1)[C@@H](C(=O)O)N1C[C@H]2N(OS(=O)(=O)O)C1=O. The zero-order valence-electron chi connectivity index (χ0n) is 15.7. The number of rotatable bonds is 7. The van der Waals surface area contributed by atoms with Gasteiger partial charge < -0.3 is 15.3 Å². The smallest absolute Gasteiger partial charge is 0.418 e. The number of urea groups is 1. The fourth-order valence-corrected chi connectivity index (χ4v) is 5.18. The lowest BCUT2D eigenvalue weighted by atomic mass is 9.99. The lowest BCUT2D eigenvalue weighted by Crippen LogP contribution is -2.38. The predicted octanol–water partition coefficient (Wildman–Crippen LogP) is 0.768. The molecule has 2 bridgehead atoms. The molecule has 0 aromatic carbocycles. The maximum atomic E-state index is 12.6. The maximum absolute atomic E-state index is 12.6. The van der Waals surface area contributed by atoms with Crippen molar-refractivity contribution >= 4 is 39.6 Å². The second-order valence-electron chi connectivity index (χ2n) is 6.81. The Bertz CT molecular complexity index is 1150. The minimum Gasteiger partial charge on any atom is -0.479 e. The van der Waals surface area contributed by atoms with Gasteiger partial charge in [0.2, 0.25) is 0 Å². The Hall–Kier alpha value is -3.07. The quantitative estimate of drug-likeness (QED) is 0.497. The number of aromatic nitrogens is 1. The van der Waals surface area contributed by atoms with Gasteiger partial charge in [-0.25, -0.2) is 9.59 Å². The zero-order chi connectivity index (χ0) is 22.3. The number of hydrogen-bond acceptors (Lipinski definition) is 8. The molecule has 164 valence electrons. The molecule has 2 aromatic heterocycles. The molecule has 2 aliphatic heterocycles. The van der Waals surface area contributed by atoms with Gasteiger partial charge in [0.15, 0.2) is 6.04 Å². The summed E-state index contributed by atoms with van der Waals surface area (Å²) in [5, 5.41) is 12.8. The van der Waals surface area contributed by atoms with Crippen LogP contribution >= 0.6 is 11.3 Å². The molecule has 0 unspecified atom stereocenters. The third-order valence-electron chi connectivity index (χ3n) is 4.88. The van der Waals surface area contributed by atoms with Gasteiger partial charge in [-0.1, -0.05) is 0 Å². The highest BCUT2D eigenvalue weighted by molar-refractivity contribution is 7.80. The van der Waals surface area contributed by atoms with Crippen LogP contribution < -0.4 is 5.32 Å². The summed E-state index contributed by atoms with van der Waals surface area (Å²) < 4.78 is 35.6. The lowest BCUT2D eigenvalue weighted by Gasteiger charge is -2.27. The molecule has 0 saturated carbocycles. The number of pyridine rings is 1. The van der Waals surface area contributed by atoms with E-state index in [2.05, 4.69) is 14.6 Å². The molecule has 4 rings (SSSR count). The molecule has 0 radical (unpaired) electrons. The highest BCUT2D eigenvalue weighted by Gasteiger charge is 2.53. The summed E-state index contributed by atoms with van der Waals surface area (Å²) in [4.78, 5) is 42.1. The lowest BCUT2D eigenvalue weighted by molar-refractivity contribution is -0.142. The van der Waals surface area contributed by atoms with E-state index in [-0.39, 0.29) is 21.9 Å². The van der Waals surface area contributed by atoms with Crippen molar-refractivity contribution in [2.45, 2.75) is 18.5 Å². The number of carbonyl (C=O) groups excluding carboxylic acids is 2. The molecule has 31 heavy (non-hydrogen) atoms. The van der Waals surface area contributed by atoms with Gasteiger partial charge in [0.25, 0.3) is 5.91 Å². The fraction of sp³-hybridized carbons (Fsp3) is 0.294. The van der Waals surface area contributed by atoms with Crippen molar-refractivity contribution in [2.75, 3.05) is 13.1 Å². The Morgan fingerprint density at radius 3 is 2.68 bits per heavy atom. The number of nitrogens with one attached hydrogen (secondary N) is 1. The molecule has 3 N–H and O–H groups in total. The summed E-state index contributed by atoms with van der Waals surface area (Å²) >= 11 is 0.905. The molecule has 4 heterocycles. The average Bonchev–Trinajstić information content (AvgIpc) is 3.25. The second kappa shape index (κ2) is 7.88. The first-order valence-corrected chi connectivity index (χ1v) is 11.1. The van der Waals surface area contributed by atoms with Gasteiger partial charge >= 0.3 is 22.4 Å². The van der Waals surface area contributed by atoms with E-state index in [0.717, 1.165) is 21.8 Å². The second-order valence-corrected chi connectivity index (χ2v) is 8.90. The summed E-state index contributed by atoms with van der Waals surface area (Å²) in [6.07, 6.45) is 3.85. The van der Waals surface area contributed by atoms with Gasteiger partial charge in [-0.3, -0.25) is 14.3 Å². The molecule has 3 amide bonds. The number of nitrogens with zero attached hydrogens (tertiary/aromatic N) is 3. The van der Waals surface area contributed by atoms with Crippen molar-refractivity contribution in [1.29, 1.82) is 0 Å². The van der Waals surface area contributed by atoms with Crippen LogP contribution in [0.2, 0.25) is 0 Å². The molecular weight excluding hydrogens is 452 g/mol. The monoisotopic (exact) mass is 468 g/mol. The van der Waals surface area contributed by atoms with E-state index in [1.807, 2.05) is 12.1 Å². The summed E-state index contributed by atoms with van der Waals surface area (Å²) in [5.74, 6) is -1.77. The van der Waals surface area contributed by atoms with Crippen molar-refractivity contribution < 1.29 is 36.7 Å². The predicted molar refractivity (Wildman–Crippen MR) is 104 cm³/mol. The third kappa shape index (κ3) is 4.10. The van der Waals surface area contributed by atoms with E-state index in [9.17, 15) is 27.9 Å². The van der Waals surface area contributed by atoms with Crippen LogP contribution in [0.1, 0.15) is 37.8 Å². The van der Waals surface area contributed by atoms with Gasteiger partial charge in [0.1, 0.15) is 6.04 Å². The minimum atomic E-state index is -5.02. The molecule has 1 saturated heterocycles. The Balaban J connectivity index is 1.57. The van der Waals surface area contributed by atoms with Gasteiger partial charge in [-0.2, -0.15) is 13.5 Å². The van der Waals surface area contributed by atoms with Crippen LogP contribution in [0.25, 0.3) is 0 Å². The summed E-state index contributed by atoms with van der Waals surface area (Å²) in [6, 6.07) is 1.64. The topological polar surface area (TPSA) is 166 Å².